The molecular formula is C44H26N2O. The van der Waals surface area contributed by atoms with Gasteiger partial charge in [0.1, 0.15) is 0 Å². The third-order valence-corrected chi connectivity index (χ3v) is 10.1. The second-order valence-corrected chi connectivity index (χ2v) is 12.5. The van der Waals surface area contributed by atoms with Crippen LogP contribution in [0.3, 0.4) is 0 Å². The van der Waals surface area contributed by atoms with E-state index in [9.17, 15) is 0 Å². The average molecular weight is 599 g/mol. The van der Waals surface area contributed by atoms with Crippen LogP contribution < -0.4 is 0 Å². The van der Waals surface area contributed by atoms with Gasteiger partial charge in [-0.15, -0.1) is 0 Å². The van der Waals surface area contributed by atoms with Gasteiger partial charge in [-0.3, -0.25) is 4.57 Å². The minimum Gasteiger partial charge on any atom is -0.437 e. The molecule has 0 N–H and O–H groups in total. The first-order chi connectivity index (χ1) is 23.3. The molecule has 0 fully saturated rings. The van der Waals surface area contributed by atoms with Crippen molar-refractivity contribution in [1.29, 1.82) is 0 Å². The fourth-order valence-electron chi connectivity index (χ4n) is 8.12. The van der Waals surface area contributed by atoms with Gasteiger partial charge < -0.3 is 8.98 Å². The van der Waals surface area contributed by atoms with Crippen LogP contribution in [0.15, 0.2) is 162 Å². The molecule has 47 heavy (non-hydrogen) atoms. The Morgan fingerprint density at radius 1 is 0.340 bits per heavy atom. The summed E-state index contributed by atoms with van der Waals surface area (Å²) in [5.41, 5.74) is 7.37. The quantitative estimate of drug-likeness (QED) is 0.182. The van der Waals surface area contributed by atoms with Gasteiger partial charge in [-0.1, -0.05) is 109 Å². The van der Waals surface area contributed by atoms with Gasteiger partial charge in [0.2, 0.25) is 5.71 Å². The zero-order valence-corrected chi connectivity index (χ0v) is 25.3. The maximum absolute atomic E-state index is 7.11. The van der Waals surface area contributed by atoms with Crippen LogP contribution >= 0.6 is 0 Å². The Morgan fingerprint density at radius 3 is 1.51 bits per heavy atom. The fourth-order valence-corrected chi connectivity index (χ4v) is 8.12. The Bertz CT molecular complexity index is 3050. The number of aromatic nitrogens is 2. The lowest BCUT2D eigenvalue weighted by atomic mass is 9.93. The molecule has 0 aliphatic rings. The first kappa shape index (κ1) is 24.9. The van der Waals surface area contributed by atoms with E-state index in [0.717, 1.165) is 44.5 Å². The highest BCUT2D eigenvalue weighted by Crippen LogP contribution is 2.46. The predicted octanol–water partition coefficient (Wildman–Crippen LogP) is 12.1. The average Bonchev–Trinajstić information content (AvgIpc) is 3.78. The molecule has 11 rings (SSSR count). The number of hydrogen-bond acceptors (Lipinski definition) is 1. The summed E-state index contributed by atoms with van der Waals surface area (Å²) in [5, 5.41) is 13.5. The topological polar surface area (TPSA) is 23.0 Å². The van der Waals surface area contributed by atoms with E-state index < -0.39 is 0 Å². The zero-order valence-electron chi connectivity index (χ0n) is 25.3. The third kappa shape index (κ3) is 3.25. The Balaban J connectivity index is 1.37. The number of nitrogens with zero attached hydrogens (tertiary/aromatic N) is 2. The van der Waals surface area contributed by atoms with Gasteiger partial charge in [-0.25, -0.2) is 0 Å². The first-order valence-electron chi connectivity index (χ1n) is 16.1. The van der Waals surface area contributed by atoms with E-state index >= 15 is 0 Å². The molecule has 0 unspecified atom stereocenters. The summed E-state index contributed by atoms with van der Waals surface area (Å²) < 4.78 is 11.8. The summed E-state index contributed by atoms with van der Waals surface area (Å²) in [7, 11) is 0. The van der Waals surface area contributed by atoms with Crippen molar-refractivity contribution in [3.8, 4) is 11.4 Å². The maximum Gasteiger partial charge on any atom is 0.213 e. The second kappa shape index (κ2) is 9.12. The second-order valence-electron chi connectivity index (χ2n) is 12.5. The van der Waals surface area contributed by atoms with Crippen LogP contribution in [0.25, 0.3) is 98.5 Å². The lowest BCUT2D eigenvalue weighted by Crippen LogP contribution is -1.94. The highest BCUT2D eigenvalue weighted by molar-refractivity contribution is 6.31. The largest absolute Gasteiger partial charge is 0.437 e. The third-order valence-electron chi connectivity index (χ3n) is 10.1. The molecule has 0 aliphatic heterocycles. The lowest BCUT2D eigenvalue weighted by Gasteiger charge is -2.12. The molecule has 8 aromatic carbocycles. The van der Waals surface area contributed by atoms with Crippen molar-refractivity contribution in [3.63, 3.8) is 0 Å². The molecule has 3 heterocycles. The molecule has 0 saturated heterocycles. The van der Waals surface area contributed by atoms with Crippen molar-refractivity contribution in [2.75, 3.05) is 0 Å². The van der Waals surface area contributed by atoms with Gasteiger partial charge in [0.15, 0.2) is 5.58 Å². The number of furan rings is 1. The van der Waals surface area contributed by atoms with Crippen LogP contribution in [0.4, 0.5) is 0 Å². The maximum atomic E-state index is 7.11. The molecule has 0 radical (unpaired) electrons. The number of benzene rings is 8. The molecule has 0 spiro atoms. The van der Waals surface area contributed by atoms with E-state index in [2.05, 4.69) is 167 Å². The van der Waals surface area contributed by atoms with Gasteiger partial charge in [0.05, 0.1) is 21.9 Å². The number of hydrogen-bond donors (Lipinski definition) is 0. The summed E-state index contributed by atoms with van der Waals surface area (Å²) in [6.07, 6.45) is 0. The Labute approximate surface area is 269 Å². The zero-order chi connectivity index (χ0) is 30.6. The number of para-hydroxylation sites is 3. The van der Waals surface area contributed by atoms with Crippen LogP contribution in [-0.4, -0.2) is 9.13 Å². The van der Waals surface area contributed by atoms with Crippen molar-refractivity contribution in [2.45, 2.75) is 0 Å². The minimum atomic E-state index is 0.868. The normalized spacial score (nSPS) is 12.3. The molecule has 3 aromatic heterocycles. The summed E-state index contributed by atoms with van der Waals surface area (Å²) in [5.74, 6) is 0. The van der Waals surface area contributed by atoms with Crippen molar-refractivity contribution in [3.05, 3.63) is 158 Å². The standard InChI is InChI=1S/C44H26N2O/c1-3-13-27(14-4-1)45-40-26-37-32-20-10-8-18-30(32)29-17-7-9-19-31(29)36(37)25-38(40)33-23-24-35-41-34-21-11-12-22-39(34)46(28-15-5-2-6-16-28)44(41)47-43(35)42(33)45/h1-26H. The molecule has 3 nitrogen and oxygen atoms in total. The molecule has 0 atom stereocenters. The Morgan fingerprint density at radius 2 is 0.851 bits per heavy atom. The van der Waals surface area contributed by atoms with Crippen LogP contribution in [0.5, 0.6) is 0 Å². The molecule has 218 valence electrons. The molecule has 0 saturated carbocycles. The summed E-state index contributed by atoms with van der Waals surface area (Å²) in [6, 6.07) is 56.9. The fraction of sp³-hybridized carbons (Fsp3) is 0. The van der Waals surface area contributed by atoms with E-state index in [1.165, 1.54) is 54.0 Å². The van der Waals surface area contributed by atoms with E-state index in [1.807, 2.05) is 0 Å². The molecule has 0 aliphatic carbocycles. The molecular weight excluding hydrogens is 572 g/mol. The van der Waals surface area contributed by atoms with Crippen LogP contribution in [0.2, 0.25) is 0 Å². The van der Waals surface area contributed by atoms with E-state index in [1.54, 1.807) is 0 Å². The van der Waals surface area contributed by atoms with E-state index in [4.69, 9.17) is 4.42 Å². The van der Waals surface area contributed by atoms with Crippen molar-refractivity contribution < 1.29 is 4.42 Å². The van der Waals surface area contributed by atoms with Crippen LogP contribution in [-0.2, 0) is 0 Å². The minimum absolute atomic E-state index is 0.868. The van der Waals surface area contributed by atoms with Crippen molar-refractivity contribution in [2.24, 2.45) is 0 Å². The van der Waals surface area contributed by atoms with Gasteiger partial charge in [0.25, 0.3) is 0 Å². The molecule has 11 aromatic rings. The number of rotatable bonds is 2. The smallest absolute Gasteiger partial charge is 0.213 e. The molecule has 3 heteroatoms. The molecule has 0 amide bonds. The highest BCUT2D eigenvalue weighted by Gasteiger charge is 2.24. The Kier molecular flexibility index (Phi) is 4.84. The number of fused-ring (bicyclic) bond motifs is 15. The van der Waals surface area contributed by atoms with Crippen molar-refractivity contribution >= 4 is 87.1 Å². The van der Waals surface area contributed by atoms with E-state index in [-0.39, 0.29) is 0 Å². The van der Waals surface area contributed by atoms with Crippen LogP contribution in [0, 0.1) is 0 Å². The highest BCUT2D eigenvalue weighted by atomic mass is 16.3. The lowest BCUT2D eigenvalue weighted by molar-refractivity contribution is 0.647. The predicted molar refractivity (Wildman–Crippen MR) is 197 cm³/mol. The van der Waals surface area contributed by atoms with Crippen molar-refractivity contribution in [1.82, 2.24) is 9.13 Å². The van der Waals surface area contributed by atoms with Gasteiger partial charge in [0, 0.05) is 32.9 Å². The first-order valence-corrected chi connectivity index (χ1v) is 16.1. The summed E-state index contributed by atoms with van der Waals surface area (Å²) in [4.78, 5) is 0. The Hall–Kier alpha value is -6.32. The van der Waals surface area contributed by atoms with Crippen LogP contribution in [0.1, 0.15) is 0 Å². The van der Waals surface area contributed by atoms with Gasteiger partial charge in [-0.05, 0) is 80.8 Å². The summed E-state index contributed by atoms with van der Waals surface area (Å²) >= 11 is 0. The van der Waals surface area contributed by atoms with E-state index in [0.29, 0.717) is 0 Å². The molecule has 0 bridgehead atoms. The summed E-state index contributed by atoms with van der Waals surface area (Å²) in [6.45, 7) is 0. The van der Waals surface area contributed by atoms with Gasteiger partial charge >= 0.3 is 0 Å². The SMILES string of the molecule is c1ccc(-n2c3ccccc3c3c4ccc5c6cc7c8ccccc8c8ccccc8c7cc6n(-c6ccccc6)c5c4oc32)cc1. The monoisotopic (exact) mass is 598 g/mol. The van der Waals surface area contributed by atoms with Gasteiger partial charge in [-0.2, -0.15) is 0 Å².